The van der Waals surface area contributed by atoms with Crippen LogP contribution in [0.25, 0.3) is 5.69 Å². The summed E-state index contributed by atoms with van der Waals surface area (Å²) in [5.74, 6) is 0.868. The van der Waals surface area contributed by atoms with Gasteiger partial charge in [-0.05, 0) is 24.6 Å². The molecule has 1 aromatic heterocycles. The standard InChI is InChI=1S/C13H17N3O/c1-3-14-13-15-8-9-16(13)12-6-4-11(5-7-12)10-17-2/h4-9H,3,10H2,1-2H3,(H,14,15). The smallest absolute Gasteiger partial charge is 0.207 e. The number of rotatable bonds is 5. The van der Waals surface area contributed by atoms with Crippen LogP contribution >= 0.6 is 0 Å². The SMILES string of the molecule is CCNc1nccn1-c1ccc(COC)cc1. The van der Waals surface area contributed by atoms with Gasteiger partial charge in [-0.2, -0.15) is 0 Å². The fourth-order valence-corrected chi connectivity index (χ4v) is 1.72. The Morgan fingerprint density at radius 2 is 2.06 bits per heavy atom. The van der Waals surface area contributed by atoms with Crippen LogP contribution < -0.4 is 5.32 Å². The molecule has 0 saturated heterocycles. The minimum atomic E-state index is 0.643. The van der Waals surface area contributed by atoms with Crippen LogP contribution in [0.4, 0.5) is 5.95 Å². The molecule has 1 aromatic carbocycles. The first-order valence-corrected chi connectivity index (χ1v) is 5.70. The Morgan fingerprint density at radius 1 is 1.29 bits per heavy atom. The van der Waals surface area contributed by atoms with Gasteiger partial charge in [0.2, 0.25) is 5.95 Å². The summed E-state index contributed by atoms with van der Waals surface area (Å²) >= 11 is 0. The highest BCUT2D eigenvalue weighted by molar-refractivity contribution is 5.42. The summed E-state index contributed by atoms with van der Waals surface area (Å²) in [4.78, 5) is 4.27. The zero-order valence-corrected chi connectivity index (χ0v) is 10.2. The summed E-state index contributed by atoms with van der Waals surface area (Å²) < 4.78 is 7.12. The number of hydrogen-bond donors (Lipinski definition) is 1. The van der Waals surface area contributed by atoms with E-state index in [1.165, 1.54) is 5.56 Å². The summed E-state index contributed by atoms with van der Waals surface area (Å²) in [6, 6.07) is 8.26. The lowest BCUT2D eigenvalue weighted by Crippen LogP contribution is -2.04. The molecule has 0 amide bonds. The second-order valence-corrected chi connectivity index (χ2v) is 3.75. The number of ether oxygens (including phenoxy) is 1. The third-order valence-electron chi connectivity index (χ3n) is 2.50. The summed E-state index contributed by atoms with van der Waals surface area (Å²) in [6.07, 6.45) is 3.74. The minimum Gasteiger partial charge on any atom is -0.380 e. The number of hydrogen-bond acceptors (Lipinski definition) is 3. The van der Waals surface area contributed by atoms with Gasteiger partial charge in [-0.25, -0.2) is 4.98 Å². The van der Waals surface area contributed by atoms with Gasteiger partial charge in [0.15, 0.2) is 0 Å². The zero-order valence-electron chi connectivity index (χ0n) is 10.2. The zero-order chi connectivity index (χ0) is 12.1. The highest BCUT2D eigenvalue weighted by Crippen LogP contribution is 2.15. The normalized spacial score (nSPS) is 10.5. The number of nitrogens with one attached hydrogen (secondary N) is 1. The molecule has 4 nitrogen and oxygen atoms in total. The van der Waals surface area contributed by atoms with Gasteiger partial charge >= 0.3 is 0 Å². The Morgan fingerprint density at radius 3 is 2.71 bits per heavy atom. The molecule has 2 aromatic rings. The molecule has 1 heterocycles. The molecule has 0 unspecified atom stereocenters. The average Bonchev–Trinajstić information content (AvgIpc) is 2.79. The molecule has 4 heteroatoms. The Bertz CT molecular complexity index is 462. The molecule has 0 aliphatic carbocycles. The van der Waals surface area contributed by atoms with Gasteiger partial charge in [0.25, 0.3) is 0 Å². The van der Waals surface area contributed by atoms with Gasteiger partial charge in [-0.15, -0.1) is 0 Å². The second-order valence-electron chi connectivity index (χ2n) is 3.75. The van der Waals surface area contributed by atoms with E-state index >= 15 is 0 Å². The van der Waals surface area contributed by atoms with E-state index in [1.54, 1.807) is 13.3 Å². The van der Waals surface area contributed by atoms with E-state index in [0.717, 1.165) is 18.2 Å². The topological polar surface area (TPSA) is 39.1 Å². The first kappa shape index (κ1) is 11.7. The van der Waals surface area contributed by atoms with Crippen molar-refractivity contribution in [1.29, 1.82) is 0 Å². The van der Waals surface area contributed by atoms with Crippen molar-refractivity contribution >= 4 is 5.95 Å². The second kappa shape index (κ2) is 5.50. The van der Waals surface area contributed by atoms with Gasteiger partial charge in [0.1, 0.15) is 0 Å². The van der Waals surface area contributed by atoms with Crippen molar-refractivity contribution in [2.75, 3.05) is 19.0 Å². The number of benzene rings is 1. The third kappa shape index (κ3) is 2.65. The van der Waals surface area contributed by atoms with E-state index < -0.39 is 0 Å². The fraction of sp³-hybridized carbons (Fsp3) is 0.308. The van der Waals surface area contributed by atoms with Crippen LogP contribution in [-0.2, 0) is 11.3 Å². The molecule has 17 heavy (non-hydrogen) atoms. The first-order valence-electron chi connectivity index (χ1n) is 5.70. The van der Waals surface area contributed by atoms with Crippen LogP contribution in [0.1, 0.15) is 12.5 Å². The van der Waals surface area contributed by atoms with Crippen molar-refractivity contribution in [2.45, 2.75) is 13.5 Å². The van der Waals surface area contributed by atoms with E-state index in [9.17, 15) is 0 Å². The summed E-state index contributed by atoms with van der Waals surface area (Å²) in [7, 11) is 1.70. The number of methoxy groups -OCH3 is 1. The van der Waals surface area contributed by atoms with Gasteiger partial charge in [-0.3, -0.25) is 4.57 Å². The average molecular weight is 231 g/mol. The van der Waals surface area contributed by atoms with Crippen molar-refractivity contribution in [1.82, 2.24) is 9.55 Å². The van der Waals surface area contributed by atoms with Crippen LogP contribution in [0, 0.1) is 0 Å². The molecule has 0 atom stereocenters. The number of imidazole rings is 1. The van der Waals surface area contributed by atoms with Crippen LogP contribution in [0.5, 0.6) is 0 Å². The van der Waals surface area contributed by atoms with Crippen molar-refractivity contribution < 1.29 is 4.74 Å². The maximum absolute atomic E-state index is 5.09. The maximum atomic E-state index is 5.09. The molecule has 90 valence electrons. The lowest BCUT2D eigenvalue weighted by molar-refractivity contribution is 0.185. The van der Waals surface area contributed by atoms with Gasteiger partial charge in [-0.1, -0.05) is 12.1 Å². The fourth-order valence-electron chi connectivity index (χ4n) is 1.72. The van der Waals surface area contributed by atoms with Crippen molar-refractivity contribution in [2.24, 2.45) is 0 Å². The Labute approximate surface area is 101 Å². The molecule has 0 fully saturated rings. The Hall–Kier alpha value is -1.81. The van der Waals surface area contributed by atoms with Crippen molar-refractivity contribution in [3.8, 4) is 5.69 Å². The molecule has 0 spiro atoms. The van der Waals surface area contributed by atoms with Gasteiger partial charge in [0.05, 0.1) is 6.61 Å². The van der Waals surface area contributed by atoms with Crippen molar-refractivity contribution in [3.05, 3.63) is 42.2 Å². The van der Waals surface area contributed by atoms with E-state index in [0.29, 0.717) is 6.61 Å². The Balaban J connectivity index is 2.23. The number of anilines is 1. The maximum Gasteiger partial charge on any atom is 0.207 e. The van der Waals surface area contributed by atoms with Gasteiger partial charge < -0.3 is 10.1 Å². The largest absolute Gasteiger partial charge is 0.380 e. The third-order valence-corrected chi connectivity index (χ3v) is 2.50. The van der Waals surface area contributed by atoms with E-state index in [2.05, 4.69) is 41.5 Å². The van der Waals surface area contributed by atoms with E-state index in [1.807, 2.05) is 10.8 Å². The molecule has 0 aliphatic heterocycles. The molecule has 0 bridgehead atoms. The molecule has 0 saturated carbocycles. The van der Waals surface area contributed by atoms with Crippen molar-refractivity contribution in [3.63, 3.8) is 0 Å². The number of nitrogens with zero attached hydrogens (tertiary/aromatic N) is 2. The van der Waals surface area contributed by atoms with E-state index in [-0.39, 0.29) is 0 Å². The predicted octanol–water partition coefficient (Wildman–Crippen LogP) is 2.45. The predicted molar refractivity (Wildman–Crippen MR) is 68.4 cm³/mol. The quantitative estimate of drug-likeness (QED) is 0.859. The lowest BCUT2D eigenvalue weighted by atomic mass is 10.2. The Kier molecular flexibility index (Phi) is 3.77. The molecule has 2 rings (SSSR count). The monoisotopic (exact) mass is 231 g/mol. The van der Waals surface area contributed by atoms with Crippen LogP contribution in [0.3, 0.4) is 0 Å². The van der Waals surface area contributed by atoms with Crippen LogP contribution in [0.15, 0.2) is 36.7 Å². The molecular formula is C13H17N3O. The number of aromatic nitrogens is 2. The minimum absolute atomic E-state index is 0.643. The highest BCUT2D eigenvalue weighted by atomic mass is 16.5. The van der Waals surface area contributed by atoms with Crippen LogP contribution in [0.2, 0.25) is 0 Å². The molecule has 0 radical (unpaired) electrons. The highest BCUT2D eigenvalue weighted by Gasteiger charge is 2.03. The lowest BCUT2D eigenvalue weighted by Gasteiger charge is -2.09. The molecular weight excluding hydrogens is 214 g/mol. The summed E-state index contributed by atoms with van der Waals surface area (Å²) in [5, 5.41) is 3.22. The molecule has 1 N–H and O–H groups in total. The molecule has 0 aliphatic rings. The van der Waals surface area contributed by atoms with Crippen LogP contribution in [-0.4, -0.2) is 23.2 Å². The first-order chi connectivity index (χ1) is 8.35. The summed E-state index contributed by atoms with van der Waals surface area (Å²) in [5.41, 5.74) is 2.26. The summed E-state index contributed by atoms with van der Waals surface area (Å²) in [6.45, 7) is 3.56. The van der Waals surface area contributed by atoms with Gasteiger partial charge in [0, 0.05) is 31.7 Å². The van der Waals surface area contributed by atoms with E-state index in [4.69, 9.17) is 4.74 Å².